The maximum absolute atomic E-state index is 9.77. The highest BCUT2D eigenvalue weighted by Gasteiger charge is 2.29. The van der Waals surface area contributed by atoms with Crippen molar-refractivity contribution in [2.24, 2.45) is 0 Å². The molecule has 1 aromatic rings. The number of para-hydroxylation sites is 1. The van der Waals surface area contributed by atoms with Crippen molar-refractivity contribution in [3.63, 3.8) is 0 Å². The summed E-state index contributed by atoms with van der Waals surface area (Å²) in [6.07, 6.45) is -3.34. The summed E-state index contributed by atoms with van der Waals surface area (Å²) >= 11 is 0. The highest BCUT2D eigenvalue weighted by Crippen LogP contribution is 2.19. The largest absolute Gasteiger partial charge is 0.479 e. The van der Waals surface area contributed by atoms with Gasteiger partial charge in [0.05, 0.1) is 0 Å². The molecule has 1 aromatic carbocycles. The predicted molar refractivity (Wildman–Crippen MR) is 65.9 cm³/mol. The van der Waals surface area contributed by atoms with E-state index in [0.29, 0.717) is 0 Å². The Hall–Kier alpha value is -2.12. The molecule has 0 spiro atoms. The van der Waals surface area contributed by atoms with Crippen molar-refractivity contribution in [3.8, 4) is 0 Å². The molecule has 7 nitrogen and oxygen atoms in total. The van der Waals surface area contributed by atoms with Gasteiger partial charge in [-0.3, -0.25) is 0 Å². The third-order valence-corrected chi connectivity index (χ3v) is 2.53. The third kappa shape index (κ3) is 4.23. The molecule has 7 heteroatoms. The first-order valence-electron chi connectivity index (χ1n) is 5.57. The second-order valence-corrected chi connectivity index (χ2v) is 3.90. The minimum Gasteiger partial charge on any atom is -0.479 e. The summed E-state index contributed by atoms with van der Waals surface area (Å²) in [4.78, 5) is 19.5. The summed E-state index contributed by atoms with van der Waals surface area (Å²) in [6, 6.07) is 8.46. The van der Waals surface area contributed by atoms with Crippen LogP contribution in [0, 0.1) is 0 Å². The lowest BCUT2D eigenvalue weighted by Crippen LogP contribution is -2.39. The lowest BCUT2D eigenvalue weighted by atomic mass is 10.2. The molecule has 0 aliphatic carbocycles. The van der Waals surface area contributed by atoms with E-state index in [-0.39, 0.29) is 0 Å². The van der Waals surface area contributed by atoms with Crippen LogP contribution in [-0.2, 0) is 16.0 Å². The molecule has 0 unspecified atom stereocenters. The molecule has 2 atom stereocenters. The van der Waals surface area contributed by atoms with Crippen LogP contribution in [0.1, 0.15) is 5.56 Å². The van der Waals surface area contributed by atoms with Crippen LogP contribution < -0.4 is 5.32 Å². The van der Waals surface area contributed by atoms with Gasteiger partial charge in [-0.15, -0.1) is 0 Å². The highest BCUT2D eigenvalue weighted by atomic mass is 16.4. The summed E-state index contributed by atoms with van der Waals surface area (Å²) < 4.78 is 0. The van der Waals surface area contributed by atoms with Crippen molar-refractivity contribution in [1.29, 1.82) is 0 Å². The zero-order valence-corrected chi connectivity index (χ0v) is 9.98. The first-order chi connectivity index (χ1) is 8.93. The van der Waals surface area contributed by atoms with Gasteiger partial charge in [0.15, 0.2) is 12.2 Å². The quantitative estimate of drug-likeness (QED) is 0.502. The van der Waals surface area contributed by atoms with Crippen LogP contribution in [0.25, 0.3) is 0 Å². The number of carboxylic acids is 2. The lowest BCUT2D eigenvalue weighted by molar-refractivity contribution is -0.165. The van der Waals surface area contributed by atoms with E-state index in [1.807, 2.05) is 0 Å². The normalized spacial score (nSPS) is 15.3. The Labute approximate surface area is 109 Å². The minimum absolute atomic E-state index is 1.11. The average molecular weight is 269 g/mol. The smallest absolute Gasteiger partial charge is 0.335 e. The lowest BCUT2D eigenvalue weighted by Gasteiger charge is -2.07. The molecule has 2 rings (SSSR count). The van der Waals surface area contributed by atoms with Gasteiger partial charge in [0.25, 0.3) is 0 Å². The van der Waals surface area contributed by atoms with Crippen molar-refractivity contribution in [2.75, 3.05) is 11.9 Å². The molecule has 1 aliphatic rings. The topological polar surface area (TPSA) is 127 Å². The van der Waals surface area contributed by atoms with Crippen LogP contribution in [0.3, 0.4) is 0 Å². The van der Waals surface area contributed by atoms with Gasteiger partial charge in [-0.25, -0.2) is 9.59 Å². The van der Waals surface area contributed by atoms with Gasteiger partial charge in [-0.2, -0.15) is 0 Å². The van der Waals surface area contributed by atoms with Gasteiger partial charge < -0.3 is 25.7 Å². The Morgan fingerprint density at radius 2 is 1.58 bits per heavy atom. The van der Waals surface area contributed by atoms with Crippen LogP contribution >= 0.6 is 0 Å². The number of aliphatic hydroxyl groups excluding tert-OH is 2. The number of anilines is 1. The number of hydrogen-bond acceptors (Lipinski definition) is 5. The Bertz CT molecular complexity index is 420. The number of benzene rings is 1. The predicted octanol–water partition coefficient (Wildman–Crippen LogP) is -0.468. The average Bonchev–Trinajstić information content (AvgIpc) is 2.85. The van der Waals surface area contributed by atoms with E-state index in [2.05, 4.69) is 29.6 Å². The summed E-state index contributed by atoms with van der Waals surface area (Å²) in [6.45, 7) is 1.11. The zero-order valence-electron chi connectivity index (χ0n) is 9.98. The molecular formula is C12H15NO6. The van der Waals surface area contributed by atoms with Crippen LogP contribution in [0.15, 0.2) is 24.3 Å². The Morgan fingerprint density at radius 3 is 2.05 bits per heavy atom. The second kappa shape index (κ2) is 6.72. The maximum Gasteiger partial charge on any atom is 0.335 e. The van der Waals surface area contributed by atoms with Crippen molar-refractivity contribution in [3.05, 3.63) is 29.8 Å². The van der Waals surface area contributed by atoms with E-state index in [9.17, 15) is 9.59 Å². The van der Waals surface area contributed by atoms with Crippen LogP contribution in [-0.4, -0.2) is 51.1 Å². The molecule has 19 heavy (non-hydrogen) atoms. The summed E-state index contributed by atoms with van der Waals surface area (Å²) in [5, 5.41) is 35.8. The van der Waals surface area contributed by atoms with Gasteiger partial charge in [0.1, 0.15) is 0 Å². The fourth-order valence-corrected chi connectivity index (χ4v) is 1.51. The van der Waals surface area contributed by atoms with E-state index in [0.717, 1.165) is 6.54 Å². The van der Waals surface area contributed by atoms with Crippen molar-refractivity contribution >= 4 is 17.6 Å². The van der Waals surface area contributed by atoms with Gasteiger partial charge in [0, 0.05) is 12.2 Å². The first kappa shape index (κ1) is 14.9. The molecule has 0 saturated carbocycles. The Kier molecular flexibility index (Phi) is 5.28. The number of rotatable bonds is 3. The number of fused-ring (bicyclic) bond motifs is 1. The van der Waals surface area contributed by atoms with Crippen molar-refractivity contribution in [1.82, 2.24) is 0 Å². The minimum atomic E-state index is -2.27. The van der Waals surface area contributed by atoms with Crippen molar-refractivity contribution in [2.45, 2.75) is 18.6 Å². The van der Waals surface area contributed by atoms with E-state index in [1.165, 1.54) is 17.7 Å². The van der Waals surface area contributed by atoms with E-state index in [1.54, 1.807) is 0 Å². The fourth-order valence-electron chi connectivity index (χ4n) is 1.51. The van der Waals surface area contributed by atoms with Crippen molar-refractivity contribution < 1.29 is 30.0 Å². The molecule has 0 bridgehead atoms. The molecule has 0 fully saturated rings. The maximum atomic E-state index is 9.77. The summed E-state index contributed by atoms with van der Waals surface area (Å²) in [5.41, 5.74) is 2.77. The van der Waals surface area contributed by atoms with Crippen LogP contribution in [0.5, 0.6) is 0 Å². The van der Waals surface area contributed by atoms with Gasteiger partial charge in [-0.05, 0) is 18.1 Å². The molecule has 0 saturated heterocycles. The third-order valence-electron chi connectivity index (χ3n) is 2.53. The van der Waals surface area contributed by atoms with Crippen LogP contribution in [0.2, 0.25) is 0 Å². The van der Waals surface area contributed by atoms with E-state index < -0.39 is 24.1 Å². The Morgan fingerprint density at radius 1 is 1.05 bits per heavy atom. The molecule has 1 aliphatic heterocycles. The number of nitrogens with one attached hydrogen (secondary N) is 1. The second-order valence-electron chi connectivity index (χ2n) is 3.90. The molecular weight excluding hydrogens is 254 g/mol. The highest BCUT2D eigenvalue weighted by molar-refractivity contribution is 5.83. The Balaban J connectivity index is 0.000000190. The standard InChI is InChI=1S/C8H9N.C4H6O6/c1-2-4-8-7(3-1)5-6-9-8;5-1(3(7)8)2(6)4(9)10/h1-4,9H,5-6H2;1-2,5-6H,(H,7,8)(H,9,10)/t;1-,2-/m.1/s1. The van der Waals surface area contributed by atoms with Gasteiger partial charge in [-0.1, -0.05) is 18.2 Å². The van der Waals surface area contributed by atoms with Gasteiger partial charge in [0.2, 0.25) is 0 Å². The monoisotopic (exact) mass is 269 g/mol. The number of carboxylic acid groups (broad SMARTS) is 2. The van der Waals surface area contributed by atoms with Crippen LogP contribution in [0.4, 0.5) is 5.69 Å². The number of aliphatic hydroxyl groups is 2. The number of aliphatic carboxylic acids is 2. The first-order valence-corrected chi connectivity index (χ1v) is 5.57. The van der Waals surface area contributed by atoms with E-state index in [4.69, 9.17) is 20.4 Å². The van der Waals surface area contributed by atoms with E-state index >= 15 is 0 Å². The number of hydrogen-bond donors (Lipinski definition) is 5. The SMILES string of the molecule is O=C(O)[C@H](O)[C@@H](O)C(=O)O.c1ccc2c(c1)CCN2. The summed E-state index contributed by atoms with van der Waals surface area (Å²) in [5.74, 6) is -3.54. The molecule has 0 aromatic heterocycles. The zero-order chi connectivity index (χ0) is 14.4. The molecule has 104 valence electrons. The molecule has 0 radical (unpaired) electrons. The van der Waals surface area contributed by atoms with Gasteiger partial charge >= 0.3 is 11.9 Å². The summed E-state index contributed by atoms with van der Waals surface area (Å²) in [7, 11) is 0. The molecule has 0 amide bonds. The molecule has 5 N–H and O–H groups in total. The number of carbonyl (C=O) groups is 2. The fraction of sp³-hybridized carbons (Fsp3) is 0.333. The molecule has 1 heterocycles.